The van der Waals surface area contributed by atoms with E-state index in [2.05, 4.69) is 10.5 Å². The van der Waals surface area contributed by atoms with Crippen molar-refractivity contribution in [2.45, 2.75) is 33.0 Å². The Hall–Kier alpha value is -3.68. The van der Waals surface area contributed by atoms with Crippen molar-refractivity contribution in [1.82, 2.24) is 15.4 Å². The summed E-state index contributed by atoms with van der Waals surface area (Å²) in [5.74, 6) is 2.06. The molecule has 0 atom stereocenters. The fraction of sp³-hybridized carbons (Fsp3) is 0.333. The lowest BCUT2D eigenvalue weighted by Gasteiger charge is -2.23. The first-order valence-electron chi connectivity index (χ1n) is 10.3. The van der Waals surface area contributed by atoms with E-state index in [1.807, 2.05) is 44.2 Å². The Morgan fingerprint density at radius 2 is 1.66 bits per heavy atom. The lowest BCUT2D eigenvalue weighted by molar-refractivity contribution is 0.188. The zero-order valence-corrected chi connectivity index (χ0v) is 19.0. The van der Waals surface area contributed by atoms with E-state index in [0.29, 0.717) is 41.8 Å². The van der Waals surface area contributed by atoms with Crippen molar-refractivity contribution in [2.24, 2.45) is 0 Å². The average Bonchev–Trinajstić information content (AvgIpc) is 3.26. The summed E-state index contributed by atoms with van der Waals surface area (Å²) in [7, 11) is 4.67. The van der Waals surface area contributed by atoms with Gasteiger partial charge in [0.2, 0.25) is 5.75 Å². The molecule has 32 heavy (non-hydrogen) atoms. The van der Waals surface area contributed by atoms with E-state index in [9.17, 15) is 4.79 Å². The number of urea groups is 1. The van der Waals surface area contributed by atoms with Gasteiger partial charge in [-0.25, -0.2) is 4.79 Å². The van der Waals surface area contributed by atoms with Crippen LogP contribution in [0.2, 0.25) is 0 Å². The van der Waals surface area contributed by atoms with Gasteiger partial charge in [-0.1, -0.05) is 35.5 Å². The standard InChI is InChI=1S/C24H29N3O5/c1-16(2)25-24(28)27(14-17-9-7-6-8-10-17)15-19-13-20(32-26-19)18-11-21(29-3)23(31-5)22(12-18)30-4/h6-13,16H,14-15H2,1-5H3,(H,25,28). The van der Waals surface area contributed by atoms with Gasteiger partial charge in [0.25, 0.3) is 0 Å². The number of benzene rings is 2. The topological polar surface area (TPSA) is 86.1 Å². The Bertz CT molecular complexity index is 1010. The third-order valence-electron chi connectivity index (χ3n) is 4.78. The van der Waals surface area contributed by atoms with Gasteiger partial charge in [0, 0.05) is 24.2 Å². The maximum Gasteiger partial charge on any atom is 0.318 e. The molecule has 1 heterocycles. The Labute approximate surface area is 188 Å². The highest BCUT2D eigenvalue weighted by Crippen LogP contribution is 2.41. The number of methoxy groups -OCH3 is 3. The summed E-state index contributed by atoms with van der Waals surface area (Å²) < 4.78 is 21.8. The van der Waals surface area contributed by atoms with Crippen molar-refractivity contribution in [3.8, 4) is 28.6 Å². The molecule has 0 aliphatic heterocycles. The number of amides is 2. The Kier molecular flexibility index (Phi) is 7.59. The predicted molar refractivity (Wildman–Crippen MR) is 121 cm³/mol. The van der Waals surface area contributed by atoms with Crippen LogP contribution in [0.5, 0.6) is 17.2 Å². The van der Waals surface area contributed by atoms with Crippen LogP contribution < -0.4 is 19.5 Å². The summed E-state index contributed by atoms with van der Waals surface area (Å²) in [6.07, 6.45) is 0. The highest BCUT2D eigenvalue weighted by molar-refractivity contribution is 5.74. The summed E-state index contributed by atoms with van der Waals surface area (Å²) in [5, 5.41) is 7.13. The molecular weight excluding hydrogens is 410 g/mol. The molecule has 1 aromatic heterocycles. The second-order valence-corrected chi connectivity index (χ2v) is 7.54. The van der Waals surface area contributed by atoms with Crippen LogP contribution in [-0.2, 0) is 13.1 Å². The summed E-state index contributed by atoms with van der Waals surface area (Å²) in [5.41, 5.74) is 2.38. The smallest absolute Gasteiger partial charge is 0.318 e. The van der Waals surface area contributed by atoms with E-state index < -0.39 is 0 Å². The normalized spacial score (nSPS) is 10.7. The molecule has 1 N–H and O–H groups in total. The highest BCUT2D eigenvalue weighted by Gasteiger charge is 2.20. The van der Waals surface area contributed by atoms with Crippen LogP contribution in [0.3, 0.4) is 0 Å². The Balaban J connectivity index is 1.86. The highest BCUT2D eigenvalue weighted by atomic mass is 16.5. The van der Waals surface area contributed by atoms with Crippen LogP contribution in [0.15, 0.2) is 53.1 Å². The van der Waals surface area contributed by atoms with Gasteiger partial charge in [0.1, 0.15) is 5.69 Å². The number of hydrogen-bond donors (Lipinski definition) is 1. The molecule has 170 valence electrons. The van der Waals surface area contributed by atoms with E-state index in [4.69, 9.17) is 18.7 Å². The third kappa shape index (κ3) is 5.51. The molecule has 0 saturated carbocycles. The van der Waals surface area contributed by atoms with Gasteiger partial charge in [-0.2, -0.15) is 0 Å². The zero-order valence-electron chi connectivity index (χ0n) is 19.0. The number of rotatable bonds is 9. The minimum atomic E-state index is -0.166. The molecule has 8 nitrogen and oxygen atoms in total. The van der Waals surface area contributed by atoms with Crippen molar-refractivity contribution in [3.05, 3.63) is 59.8 Å². The molecule has 0 aliphatic rings. The molecule has 0 saturated heterocycles. The van der Waals surface area contributed by atoms with Gasteiger partial charge >= 0.3 is 6.03 Å². The van der Waals surface area contributed by atoms with Crippen molar-refractivity contribution in [3.63, 3.8) is 0 Å². The fourth-order valence-electron chi connectivity index (χ4n) is 3.28. The Morgan fingerprint density at radius 1 is 1.00 bits per heavy atom. The number of ether oxygens (including phenoxy) is 3. The molecule has 0 aliphatic carbocycles. The van der Waals surface area contributed by atoms with Gasteiger partial charge in [-0.15, -0.1) is 0 Å². The predicted octanol–water partition coefficient (Wildman–Crippen LogP) is 4.49. The minimum Gasteiger partial charge on any atom is -0.493 e. The molecule has 0 bridgehead atoms. The number of nitrogens with one attached hydrogen (secondary N) is 1. The molecule has 2 aromatic carbocycles. The quantitative estimate of drug-likeness (QED) is 0.529. The first-order valence-corrected chi connectivity index (χ1v) is 10.3. The van der Waals surface area contributed by atoms with Gasteiger partial charge in [0.05, 0.1) is 27.9 Å². The first-order chi connectivity index (χ1) is 15.4. The van der Waals surface area contributed by atoms with Crippen LogP contribution >= 0.6 is 0 Å². The second kappa shape index (κ2) is 10.6. The molecule has 3 aromatic rings. The van der Waals surface area contributed by atoms with Gasteiger partial charge in [0.15, 0.2) is 17.3 Å². The molecule has 3 rings (SSSR count). The minimum absolute atomic E-state index is 0.0212. The summed E-state index contributed by atoms with van der Waals surface area (Å²) >= 11 is 0. The number of aromatic nitrogens is 1. The van der Waals surface area contributed by atoms with Crippen molar-refractivity contribution in [2.75, 3.05) is 21.3 Å². The monoisotopic (exact) mass is 439 g/mol. The largest absolute Gasteiger partial charge is 0.493 e. The number of hydrogen-bond acceptors (Lipinski definition) is 6. The van der Waals surface area contributed by atoms with E-state index in [1.165, 1.54) is 0 Å². The molecule has 2 amide bonds. The van der Waals surface area contributed by atoms with Gasteiger partial charge in [-0.05, 0) is 31.5 Å². The zero-order chi connectivity index (χ0) is 23.1. The Morgan fingerprint density at radius 3 is 2.22 bits per heavy atom. The van der Waals surface area contributed by atoms with Crippen LogP contribution in [0, 0.1) is 0 Å². The summed E-state index contributed by atoms with van der Waals surface area (Å²) in [6.45, 7) is 4.60. The molecule has 0 fully saturated rings. The molecule has 0 spiro atoms. The summed E-state index contributed by atoms with van der Waals surface area (Å²) in [6, 6.07) is 15.1. The fourth-order valence-corrected chi connectivity index (χ4v) is 3.28. The number of carbonyl (C=O) groups excluding carboxylic acids is 1. The van der Waals surface area contributed by atoms with Crippen LogP contribution in [0.4, 0.5) is 4.79 Å². The van der Waals surface area contributed by atoms with E-state index in [-0.39, 0.29) is 12.1 Å². The van der Waals surface area contributed by atoms with E-state index >= 15 is 0 Å². The lowest BCUT2D eigenvalue weighted by Crippen LogP contribution is -2.42. The average molecular weight is 440 g/mol. The van der Waals surface area contributed by atoms with Crippen LogP contribution in [0.25, 0.3) is 11.3 Å². The molecule has 0 radical (unpaired) electrons. The van der Waals surface area contributed by atoms with Crippen molar-refractivity contribution < 1.29 is 23.5 Å². The third-order valence-corrected chi connectivity index (χ3v) is 4.78. The molecule has 0 unspecified atom stereocenters. The van der Waals surface area contributed by atoms with Crippen LogP contribution in [0.1, 0.15) is 25.1 Å². The lowest BCUT2D eigenvalue weighted by atomic mass is 10.1. The maximum absolute atomic E-state index is 12.8. The number of nitrogens with zero attached hydrogens (tertiary/aromatic N) is 2. The van der Waals surface area contributed by atoms with Gasteiger partial charge < -0.3 is 29.0 Å². The number of carbonyl (C=O) groups is 1. The maximum atomic E-state index is 12.8. The van der Waals surface area contributed by atoms with Crippen LogP contribution in [-0.4, -0.2) is 43.5 Å². The van der Waals surface area contributed by atoms with E-state index in [0.717, 1.165) is 11.1 Å². The first kappa shape index (κ1) is 23.0. The van der Waals surface area contributed by atoms with Gasteiger partial charge in [-0.3, -0.25) is 0 Å². The SMILES string of the molecule is COc1cc(-c2cc(CN(Cc3ccccc3)C(=O)NC(C)C)no2)cc(OC)c1OC. The molecular formula is C24H29N3O5. The van der Waals surface area contributed by atoms with Crippen molar-refractivity contribution in [1.29, 1.82) is 0 Å². The van der Waals surface area contributed by atoms with E-state index in [1.54, 1.807) is 44.4 Å². The van der Waals surface area contributed by atoms with Crippen molar-refractivity contribution >= 4 is 6.03 Å². The molecule has 8 heteroatoms. The second-order valence-electron chi connectivity index (χ2n) is 7.54. The summed E-state index contributed by atoms with van der Waals surface area (Å²) in [4.78, 5) is 14.5.